The number of thiophene rings is 1. The van der Waals surface area contributed by atoms with Gasteiger partial charge in [0, 0.05) is 10.4 Å². The minimum Gasteiger partial charge on any atom is -0.397 e. The molecule has 0 saturated heterocycles. The van der Waals surface area contributed by atoms with Gasteiger partial charge in [-0.15, -0.1) is 11.3 Å². The molecule has 2 aromatic rings. The lowest BCUT2D eigenvalue weighted by Gasteiger charge is -2.23. The molecule has 20 heavy (non-hydrogen) atoms. The SMILES string of the molecule is N#Cc1c(N)c(C#N)c(-c2cccs2)c2c1CCCC2. The zero-order valence-corrected chi connectivity index (χ0v) is 11.8. The van der Waals surface area contributed by atoms with E-state index in [9.17, 15) is 10.5 Å². The van der Waals surface area contributed by atoms with Crippen molar-refractivity contribution in [2.45, 2.75) is 25.7 Å². The topological polar surface area (TPSA) is 73.6 Å². The Bertz CT molecular complexity index is 746. The first-order valence-electron chi connectivity index (χ1n) is 6.59. The Hall–Kier alpha value is -2.30. The molecule has 3 rings (SSSR count). The number of nitrogen functional groups attached to an aromatic ring is 1. The smallest absolute Gasteiger partial charge is 0.102 e. The summed E-state index contributed by atoms with van der Waals surface area (Å²) < 4.78 is 0. The zero-order chi connectivity index (χ0) is 14.1. The molecule has 3 nitrogen and oxygen atoms in total. The molecule has 1 heterocycles. The van der Waals surface area contributed by atoms with Gasteiger partial charge in [-0.05, 0) is 48.3 Å². The highest BCUT2D eigenvalue weighted by atomic mass is 32.1. The van der Waals surface area contributed by atoms with Gasteiger partial charge in [0.25, 0.3) is 0 Å². The number of rotatable bonds is 1. The highest BCUT2D eigenvalue weighted by Gasteiger charge is 2.25. The van der Waals surface area contributed by atoms with Crippen LogP contribution >= 0.6 is 11.3 Å². The van der Waals surface area contributed by atoms with Gasteiger partial charge in [-0.3, -0.25) is 0 Å². The average Bonchev–Trinajstić information content (AvgIpc) is 3.00. The third kappa shape index (κ3) is 1.78. The molecule has 0 bridgehead atoms. The van der Waals surface area contributed by atoms with Crippen molar-refractivity contribution < 1.29 is 0 Å². The van der Waals surface area contributed by atoms with Crippen LogP contribution in [0.5, 0.6) is 0 Å². The number of nitrogens with zero attached hydrogens (tertiary/aromatic N) is 2. The lowest BCUT2D eigenvalue weighted by atomic mass is 9.81. The molecular formula is C16H13N3S. The summed E-state index contributed by atoms with van der Waals surface area (Å²) in [6, 6.07) is 8.40. The molecule has 1 aliphatic rings. The molecule has 0 saturated carbocycles. The number of hydrogen-bond acceptors (Lipinski definition) is 4. The quantitative estimate of drug-likeness (QED) is 0.810. The van der Waals surface area contributed by atoms with Crippen molar-refractivity contribution in [3.8, 4) is 22.6 Å². The van der Waals surface area contributed by atoms with Gasteiger partial charge < -0.3 is 5.73 Å². The summed E-state index contributed by atoms with van der Waals surface area (Å²) in [5, 5.41) is 20.9. The molecule has 0 radical (unpaired) electrons. The molecule has 0 aliphatic heterocycles. The molecule has 1 aliphatic carbocycles. The Morgan fingerprint density at radius 2 is 1.75 bits per heavy atom. The van der Waals surface area contributed by atoms with Crippen LogP contribution in [0.1, 0.15) is 35.1 Å². The van der Waals surface area contributed by atoms with Crippen molar-refractivity contribution in [3.05, 3.63) is 39.8 Å². The van der Waals surface area contributed by atoms with Crippen molar-refractivity contribution in [3.63, 3.8) is 0 Å². The second-order valence-corrected chi connectivity index (χ2v) is 5.85. The zero-order valence-electron chi connectivity index (χ0n) is 10.9. The van der Waals surface area contributed by atoms with E-state index in [0.717, 1.165) is 47.3 Å². The summed E-state index contributed by atoms with van der Waals surface area (Å²) in [5.74, 6) is 0. The van der Waals surface area contributed by atoms with Crippen LogP contribution in [0.4, 0.5) is 5.69 Å². The third-order valence-corrected chi connectivity index (χ3v) is 4.74. The van der Waals surface area contributed by atoms with Gasteiger partial charge in [-0.1, -0.05) is 6.07 Å². The molecule has 4 heteroatoms. The highest BCUT2D eigenvalue weighted by molar-refractivity contribution is 7.13. The van der Waals surface area contributed by atoms with E-state index in [0.29, 0.717) is 16.8 Å². The van der Waals surface area contributed by atoms with Crippen molar-refractivity contribution in [2.75, 3.05) is 5.73 Å². The summed E-state index contributed by atoms with van der Waals surface area (Å²) in [5.41, 5.74) is 10.6. The van der Waals surface area contributed by atoms with Gasteiger partial charge in [0.05, 0.1) is 16.8 Å². The van der Waals surface area contributed by atoms with Gasteiger partial charge in [-0.2, -0.15) is 10.5 Å². The second kappa shape index (κ2) is 5.00. The second-order valence-electron chi connectivity index (χ2n) is 4.90. The maximum atomic E-state index is 9.48. The molecule has 0 unspecified atom stereocenters. The minimum absolute atomic E-state index is 0.346. The molecule has 2 N–H and O–H groups in total. The fourth-order valence-electron chi connectivity index (χ4n) is 2.97. The largest absolute Gasteiger partial charge is 0.397 e. The van der Waals surface area contributed by atoms with E-state index < -0.39 is 0 Å². The Kier molecular flexibility index (Phi) is 3.18. The van der Waals surface area contributed by atoms with Crippen LogP contribution in [-0.2, 0) is 12.8 Å². The summed E-state index contributed by atoms with van der Waals surface area (Å²) in [6.45, 7) is 0. The van der Waals surface area contributed by atoms with E-state index >= 15 is 0 Å². The van der Waals surface area contributed by atoms with Crippen LogP contribution in [0.25, 0.3) is 10.4 Å². The first kappa shape index (κ1) is 12.7. The normalized spacial score (nSPS) is 13.3. The molecule has 1 aromatic carbocycles. The molecule has 0 fully saturated rings. The molecule has 0 atom stereocenters. The molecule has 98 valence electrons. The monoisotopic (exact) mass is 279 g/mol. The Balaban J connectivity index is 2.42. The summed E-state index contributed by atoms with van der Waals surface area (Å²) in [7, 11) is 0. The van der Waals surface area contributed by atoms with Crippen LogP contribution in [0, 0.1) is 22.7 Å². The number of hydrogen-bond donors (Lipinski definition) is 1. The maximum Gasteiger partial charge on any atom is 0.102 e. The fourth-order valence-corrected chi connectivity index (χ4v) is 3.77. The Morgan fingerprint density at radius 1 is 1.05 bits per heavy atom. The van der Waals surface area contributed by atoms with Crippen LogP contribution in [-0.4, -0.2) is 0 Å². The summed E-state index contributed by atoms with van der Waals surface area (Å²) in [4.78, 5) is 1.07. The van der Waals surface area contributed by atoms with Gasteiger partial charge in [0.1, 0.15) is 12.1 Å². The van der Waals surface area contributed by atoms with E-state index in [1.54, 1.807) is 11.3 Å². The minimum atomic E-state index is 0.346. The molecule has 0 spiro atoms. The number of nitriles is 2. The van der Waals surface area contributed by atoms with Crippen LogP contribution in [0.15, 0.2) is 17.5 Å². The Morgan fingerprint density at radius 3 is 2.35 bits per heavy atom. The highest BCUT2D eigenvalue weighted by Crippen LogP contribution is 2.41. The van der Waals surface area contributed by atoms with Crippen LogP contribution < -0.4 is 5.73 Å². The predicted octanol–water partition coefficient (Wildman–Crippen LogP) is 3.62. The van der Waals surface area contributed by atoms with Crippen molar-refractivity contribution in [1.29, 1.82) is 10.5 Å². The molecule has 0 amide bonds. The molecule has 1 aromatic heterocycles. The predicted molar refractivity (Wildman–Crippen MR) is 80.2 cm³/mol. The van der Waals surface area contributed by atoms with Crippen molar-refractivity contribution >= 4 is 17.0 Å². The van der Waals surface area contributed by atoms with E-state index in [1.165, 1.54) is 0 Å². The van der Waals surface area contributed by atoms with Crippen LogP contribution in [0.3, 0.4) is 0 Å². The lowest BCUT2D eigenvalue weighted by molar-refractivity contribution is 0.685. The summed E-state index contributed by atoms with van der Waals surface area (Å²) in [6.07, 6.45) is 3.99. The fraction of sp³-hybridized carbons (Fsp3) is 0.250. The van der Waals surface area contributed by atoms with Gasteiger partial charge in [-0.25, -0.2) is 0 Å². The van der Waals surface area contributed by atoms with Crippen molar-refractivity contribution in [2.24, 2.45) is 0 Å². The van der Waals surface area contributed by atoms with Gasteiger partial charge in [0.15, 0.2) is 0 Å². The van der Waals surface area contributed by atoms with E-state index in [4.69, 9.17) is 5.73 Å². The Labute approximate surface area is 121 Å². The standard InChI is InChI=1S/C16H13N3S/c17-8-12-10-4-1-2-5-11(10)15(13(9-18)16(12)19)14-6-3-7-20-14/h3,6-7H,1-2,4-5,19H2. The summed E-state index contributed by atoms with van der Waals surface area (Å²) >= 11 is 1.61. The number of anilines is 1. The lowest BCUT2D eigenvalue weighted by Crippen LogP contribution is -2.11. The van der Waals surface area contributed by atoms with Gasteiger partial charge >= 0.3 is 0 Å². The van der Waals surface area contributed by atoms with Crippen molar-refractivity contribution in [1.82, 2.24) is 0 Å². The number of fused-ring (bicyclic) bond motifs is 1. The van der Waals surface area contributed by atoms with E-state index in [1.807, 2.05) is 17.5 Å². The third-order valence-electron chi connectivity index (χ3n) is 3.85. The van der Waals surface area contributed by atoms with Gasteiger partial charge in [0.2, 0.25) is 0 Å². The first-order chi connectivity index (χ1) is 9.77. The van der Waals surface area contributed by atoms with Crippen LogP contribution in [0.2, 0.25) is 0 Å². The number of nitrogens with two attached hydrogens (primary N) is 1. The van der Waals surface area contributed by atoms with E-state index in [2.05, 4.69) is 12.1 Å². The maximum absolute atomic E-state index is 9.48. The molecular weight excluding hydrogens is 266 g/mol. The van der Waals surface area contributed by atoms with E-state index in [-0.39, 0.29) is 0 Å². The first-order valence-corrected chi connectivity index (χ1v) is 7.47. The average molecular weight is 279 g/mol. The number of benzene rings is 1.